The Morgan fingerprint density at radius 1 is 1.33 bits per heavy atom. The average molecular weight is 213 g/mol. The first-order valence-electron chi connectivity index (χ1n) is 4.96. The Kier molecular flexibility index (Phi) is 2.98. The van der Waals surface area contributed by atoms with Crippen LogP contribution in [0, 0.1) is 18.6 Å². The predicted octanol–water partition coefficient (Wildman–Crippen LogP) is 1.93. The summed E-state index contributed by atoms with van der Waals surface area (Å²) in [4.78, 5) is 0. The van der Waals surface area contributed by atoms with Gasteiger partial charge in [0.25, 0.3) is 0 Å². The summed E-state index contributed by atoms with van der Waals surface area (Å²) in [5.41, 5.74) is 1.45. The maximum absolute atomic E-state index is 13.1. The van der Waals surface area contributed by atoms with E-state index in [2.05, 4.69) is 5.32 Å². The number of morpholine rings is 1. The van der Waals surface area contributed by atoms with E-state index >= 15 is 0 Å². The Bertz CT molecular complexity index is 362. The van der Waals surface area contributed by atoms with Crippen molar-refractivity contribution in [2.75, 3.05) is 19.7 Å². The molecule has 1 aliphatic rings. The molecule has 1 aromatic rings. The zero-order chi connectivity index (χ0) is 10.8. The van der Waals surface area contributed by atoms with Gasteiger partial charge in [-0.1, -0.05) is 0 Å². The normalized spacial score (nSPS) is 21.7. The zero-order valence-electron chi connectivity index (χ0n) is 8.52. The standard InChI is InChI=1S/C11H13F2NO/c1-7-4-9(12)10(13)5-8(7)11-6-14-2-3-15-11/h4-5,11,14H,2-3,6H2,1H3. The number of benzene rings is 1. The van der Waals surface area contributed by atoms with E-state index in [1.165, 1.54) is 12.1 Å². The molecule has 1 heterocycles. The molecule has 0 bridgehead atoms. The van der Waals surface area contributed by atoms with Crippen LogP contribution < -0.4 is 5.32 Å². The summed E-state index contributed by atoms with van der Waals surface area (Å²) in [5.74, 6) is -1.62. The second-order valence-electron chi connectivity index (χ2n) is 3.69. The quantitative estimate of drug-likeness (QED) is 0.769. The van der Waals surface area contributed by atoms with Crippen molar-refractivity contribution >= 4 is 0 Å². The largest absolute Gasteiger partial charge is 0.371 e. The van der Waals surface area contributed by atoms with Gasteiger partial charge in [0.15, 0.2) is 11.6 Å². The Morgan fingerprint density at radius 3 is 2.73 bits per heavy atom. The van der Waals surface area contributed by atoms with Crippen molar-refractivity contribution in [3.05, 3.63) is 34.9 Å². The molecular weight excluding hydrogens is 200 g/mol. The van der Waals surface area contributed by atoms with Crippen molar-refractivity contribution in [2.45, 2.75) is 13.0 Å². The highest BCUT2D eigenvalue weighted by molar-refractivity contribution is 5.30. The number of rotatable bonds is 1. The minimum Gasteiger partial charge on any atom is -0.371 e. The molecule has 1 N–H and O–H groups in total. The third-order valence-corrected chi connectivity index (χ3v) is 2.58. The minimum absolute atomic E-state index is 0.172. The van der Waals surface area contributed by atoms with E-state index < -0.39 is 11.6 Å². The van der Waals surface area contributed by atoms with Gasteiger partial charge in [-0.3, -0.25) is 0 Å². The van der Waals surface area contributed by atoms with Gasteiger partial charge in [-0.15, -0.1) is 0 Å². The maximum atomic E-state index is 13.1. The van der Waals surface area contributed by atoms with Crippen LogP contribution in [0.2, 0.25) is 0 Å². The average Bonchev–Trinajstić information content (AvgIpc) is 2.25. The summed E-state index contributed by atoms with van der Waals surface area (Å²) in [6.07, 6.45) is -0.172. The molecule has 82 valence electrons. The van der Waals surface area contributed by atoms with Gasteiger partial charge < -0.3 is 10.1 Å². The van der Waals surface area contributed by atoms with Crippen LogP contribution in [0.4, 0.5) is 8.78 Å². The number of halogens is 2. The van der Waals surface area contributed by atoms with Crippen LogP contribution in [0.15, 0.2) is 12.1 Å². The number of hydrogen-bond donors (Lipinski definition) is 1. The van der Waals surface area contributed by atoms with E-state index in [9.17, 15) is 8.78 Å². The van der Waals surface area contributed by atoms with Crippen LogP contribution in [0.3, 0.4) is 0 Å². The molecule has 1 fully saturated rings. The Hall–Kier alpha value is -1.00. The Morgan fingerprint density at radius 2 is 2.07 bits per heavy atom. The highest BCUT2D eigenvalue weighted by Crippen LogP contribution is 2.24. The Balaban J connectivity index is 2.30. The van der Waals surface area contributed by atoms with Gasteiger partial charge in [-0.05, 0) is 30.2 Å². The van der Waals surface area contributed by atoms with E-state index in [1.54, 1.807) is 6.92 Å². The van der Waals surface area contributed by atoms with Crippen LogP contribution in [0.25, 0.3) is 0 Å². The van der Waals surface area contributed by atoms with Gasteiger partial charge in [0.1, 0.15) is 0 Å². The first-order valence-corrected chi connectivity index (χ1v) is 4.96. The molecule has 2 rings (SSSR count). The lowest BCUT2D eigenvalue weighted by molar-refractivity contribution is 0.0271. The third-order valence-electron chi connectivity index (χ3n) is 2.58. The molecule has 1 aromatic carbocycles. The summed E-state index contributed by atoms with van der Waals surface area (Å²) < 4.78 is 31.4. The monoisotopic (exact) mass is 213 g/mol. The second-order valence-corrected chi connectivity index (χ2v) is 3.69. The van der Waals surface area contributed by atoms with Crippen molar-refractivity contribution in [2.24, 2.45) is 0 Å². The maximum Gasteiger partial charge on any atom is 0.159 e. The molecule has 15 heavy (non-hydrogen) atoms. The lowest BCUT2D eigenvalue weighted by Crippen LogP contribution is -2.33. The molecule has 4 heteroatoms. The molecule has 0 amide bonds. The fourth-order valence-corrected chi connectivity index (χ4v) is 1.77. The van der Waals surface area contributed by atoms with Gasteiger partial charge in [-0.2, -0.15) is 0 Å². The highest BCUT2D eigenvalue weighted by atomic mass is 19.2. The highest BCUT2D eigenvalue weighted by Gasteiger charge is 2.19. The van der Waals surface area contributed by atoms with Crippen LogP contribution in [0.5, 0.6) is 0 Å². The van der Waals surface area contributed by atoms with E-state index in [1.807, 2.05) is 0 Å². The fourth-order valence-electron chi connectivity index (χ4n) is 1.77. The predicted molar refractivity (Wildman–Crippen MR) is 52.7 cm³/mol. The molecule has 1 unspecified atom stereocenters. The van der Waals surface area contributed by atoms with E-state index in [0.717, 1.165) is 17.7 Å². The Labute approximate surface area is 87.2 Å². The molecule has 0 radical (unpaired) electrons. The first-order chi connectivity index (χ1) is 7.18. The van der Waals surface area contributed by atoms with Gasteiger partial charge in [-0.25, -0.2) is 8.78 Å². The van der Waals surface area contributed by atoms with Gasteiger partial charge in [0.05, 0.1) is 12.7 Å². The molecule has 2 nitrogen and oxygen atoms in total. The van der Waals surface area contributed by atoms with Gasteiger partial charge >= 0.3 is 0 Å². The molecule has 0 spiro atoms. The molecule has 1 atom stereocenters. The summed E-state index contributed by atoms with van der Waals surface area (Å²) in [6, 6.07) is 2.44. The second kappa shape index (κ2) is 4.24. The number of hydrogen-bond acceptors (Lipinski definition) is 2. The lowest BCUT2D eigenvalue weighted by Gasteiger charge is -2.25. The lowest BCUT2D eigenvalue weighted by atomic mass is 10.0. The summed E-state index contributed by atoms with van der Waals surface area (Å²) >= 11 is 0. The van der Waals surface area contributed by atoms with Gasteiger partial charge in [0.2, 0.25) is 0 Å². The zero-order valence-corrected chi connectivity index (χ0v) is 8.52. The summed E-state index contributed by atoms with van der Waals surface area (Å²) in [7, 11) is 0. The number of aryl methyl sites for hydroxylation is 1. The van der Waals surface area contributed by atoms with Crippen molar-refractivity contribution in [3.8, 4) is 0 Å². The number of ether oxygens (including phenoxy) is 1. The molecule has 0 saturated carbocycles. The topological polar surface area (TPSA) is 21.3 Å². The van der Waals surface area contributed by atoms with Gasteiger partial charge in [0, 0.05) is 13.1 Å². The molecule has 0 aliphatic carbocycles. The van der Waals surface area contributed by atoms with E-state index in [4.69, 9.17) is 4.74 Å². The molecule has 1 aliphatic heterocycles. The molecule has 1 saturated heterocycles. The van der Waals surface area contributed by atoms with Crippen molar-refractivity contribution < 1.29 is 13.5 Å². The smallest absolute Gasteiger partial charge is 0.159 e. The van der Waals surface area contributed by atoms with Crippen LogP contribution in [0.1, 0.15) is 17.2 Å². The van der Waals surface area contributed by atoms with E-state index in [-0.39, 0.29) is 6.10 Å². The van der Waals surface area contributed by atoms with Crippen LogP contribution in [-0.2, 0) is 4.74 Å². The van der Waals surface area contributed by atoms with Crippen molar-refractivity contribution in [1.29, 1.82) is 0 Å². The van der Waals surface area contributed by atoms with E-state index in [0.29, 0.717) is 13.2 Å². The molecule has 0 aromatic heterocycles. The van der Waals surface area contributed by atoms with Crippen molar-refractivity contribution in [1.82, 2.24) is 5.32 Å². The third kappa shape index (κ3) is 2.16. The van der Waals surface area contributed by atoms with Crippen LogP contribution in [-0.4, -0.2) is 19.7 Å². The summed E-state index contributed by atoms with van der Waals surface area (Å²) in [5, 5.41) is 3.15. The fraction of sp³-hybridized carbons (Fsp3) is 0.455. The number of nitrogens with one attached hydrogen (secondary N) is 1. The minimum atomic E-state index is -0.815. The first kappa shape index (κ1) is 10.5. The van der Waals surface area contributed by atoms with Crippen molar-refractivity contribution in [3.63, 3.8) is 0 Å². The summed E-state index contributed by atoms with van der Waals surface area (Å²) in [6.45, 7) is 3.81. The van der Waals surface area contributed by atoms with Crippen LogP contribution >= 0.6 is 0 Å². The molecular formula is C11H13F2NO. The SMILES string of the molecule is Cc1cc(F)c(F)cc1C1CNCCO1.